The van der Waals surface area contributed by atoms with E-state index in [-0.39, 0.29) is 49.8 Å². The number of Topliss-reactive ketones (excluding diaryl/α,β-unsaturated/α-hetero) is 1. The largest absolute Gasteiger partial charge is 0.400 e. The minimum Gasteiger partial charge on any atom is -0.326 e. The summed E-state index contributed by atoms with van der Waals surface area (Å²) in [5.74, 6) is 0.0912. The molecule has 8 rings (SSSR count). The molecule has 0 saturated heterocycles. The van der Waals surface area contributed by atoms with E-state index in [0.717, 1.165) is 32.7 Å². The number of carbonyl (C=O) groups excluding carboxylic acids is 1. The minimum absolute atomic E-state index is 0.0173. The van der Waals surface area contributed by atoms with E-state index in [1.54, 1.807) is 13.0 Å². The third kappa shape index (κ3) is 8.80. The lowest BCUT2D eigenvalue weighted by Gasteiger charge is -2.32. The van der Waals surface area contributed by atoms with E-state index in [4.69, 9.17) is 52.1 Å². The molecule has 0 radical (unpaired) electrons. The first-order valence-electron chi connectivity index (χ1n) is 19.2. The molecule has 14 heteroatoms. The van der Waals surface area contributed by atoms with Crippen molar-refractivity contribution in [3.05, 3.63) is 163 Å². The van der Waals surface area contributed by atoms with Crippen LogP contribution < -0.4 is 5.73 Å². The van der Waals surface area contributed by atoms with Crippen molar-refractivity contribution in [1.82, 2.24) is 0 Å². The van der Waals surface area contributed by atoms with Gasteiger partial charge in [0.25, 0.3) is 0 Å². The number of carbonyl (C=O) groups is 1. The van der Waals surface area contributed by atoms with E-state index in [2.05, 4.69) is 9.98 Å². The molecule has 0 aliphatic carbocycles. The second-order valence-corrected chi connectivity index (χ2v) is 17.1. The van der Waals surface area contributed by atoms with Crippen LogP contribution in [-0.2, 0) is 28.6 Å². The monoisotopic (exact) mass is 913 g/mol. The van der Waals surface area contributed by atoms with Crippen LogP contribution in [0.3, 0.4) is 0 Å². The molecule has 2 heterocycles. The first-order valence-corrected chi connectivity index (χ1v) is 20.7. The van der Waals surface area contributed by atoms with Gasteiger partial charge in [0, 0.05) is 68.4 Å². The summed E-state index contributed by atoms with van der Waals surface area (Å²) in [6, 6.07) is 30.6. The lowest BCUT2D eigenvalue weighted by molar-refractivity contribution is -0.184. The van der Waals surface area contributed by atoms with E-state index in [0.29, 0.717) is 41.9 Å². The summed E-state index contributed by atoms with van der Waals surface area (Å²) in [6.45, 7) is 1.06. The molecule has 0 saturated carbocycles. The summed E-state index contributed by atoms with van der Waals surface area (Å²) < 4.78 is 86.2. The van der Waals surface area contributed by atoms with Gasteiger partial charge in [-0.3, -0.25) is 9.98 Å². The van der Waals surface area contributed by atoms with E-state index in [1.807, 2.05) is 66.7 Å². The number of hydrogen-bond donors (Lipinski definition) is 1. The molecule has 2 aliphatic rings. The number of halogens is 10. The molecule has 0 fully saturated rings. The molecule has 2 aliphatic heterocycles. The Balaban J connectivity index is 0.000000185. The van der Waals surface area contributed by atoms with E-state index in [1.165, 1.54) is 36.4 Å². The van der Waals surface area contributed by atoms with Gasteiger partial charge in [-0.1, -0.05) is 119 Å². The molecule has 6 aromatic carbocycles. The van der Waals surface area contributed by atoms with Crippen LogP contribution >= 0.6 is 46.4 Å². The van der Waals surface area contributed by atoms with Gasteiger partial charge in [0.05, 0.1) is 13.1 Å². The maximum atomic E-state index is 14.4. The second-order valence-electron chi connectivity index (χ2n) is 15.4. The Morgan fingerprint density at radius 1 is 0.590 bits per heavy atom. The molecule has 316 valence electrons. The molecule has 0 aromatic heterocycles. The van der Waals surface area contributed by atoms with Gasteiger partial charge in [0.15, 0.2) is 0 Å². The Hall–Kier alpha value is -4.45. The highest BCUT2D eigenvalue weighted by Crippen LogP contribution is 2.51. The predicted octanol–water partition coefficient (Wildman–Crippen LogP) is 13.7. The minimum atomic E-state index is -4.54. The zero-order valence-electron chi connectivity index (χ0n) is 32.5. The van der Waals surface area contributed by atoms with Crippen molar-refractivity contribution in [2.45, 2.75) is 62.3 Å². The fourth-order valence-corrected chi connectivity index (χ4v) is 9.36. The van der Waals surface area contributed by atoms with Crippen LogP contribution in [0.2, 0.25) is 20.1 Å². The third-order valence-electron chi connectivity index (χ3n) is 11.6. The number of aliphatic imine (C=N–C) groups is 2. The molecule has 2 N–H and O–H groups in total. The molecule has 0 spiro atoms. The molecule has 4 nitrogen and oxygen atoms in total. The van der Waals surface area contributed by atoms with Gasteiger partial charge >= 0.3 is 12.4 Å². The number of benzene rings is 6. The highest BCUT2D eigenvalue weighted by atomic mass is 35.5. The third-order valence-corrected chi connectivity index (χ3v) is 12.4. The Labute approximate surface area is 368 Å². The Morgan fingerprint density at radius 2 is 0.967 bits per heavy atom. The number of alkyl halides is 6. The predicted molar refractivity (Wildman–Crippen MR) is 235 cm³/mol. The van der Waals surface area contributed by atoms with Crippen molar-refractivity contribution in [1.29, 1.82) is 0 Å². The van der Waals surface area contributed by atoms with E-state index >= 15 is 0 Å². The first kappa shape index (κ1) is 44.6. The topological polar surface area (TPSA) is 67.8 Å². The zero-order valence-corrected chi connectivity index (χ0v) is 35.5. The van der Waals surface area contributed by atoms with Crippen molar-refractivity contribution in [3.63, 3.8) is 0 Å². The second kappa shape index (κ2) is 17.4. The van der Waals surface area contributed by atoms with Crippen LogP contribution in [0.25, 0.3) is 21.5 Å². The van der Waals surface area contributed by atoms with Crippen LogP contribution in [0.15, 0.2) is 119 Å². The van der Waals surface area contributed by atoms with Gasteiger partial charge < -0.3 is 10.5 Å². The number of nitrogens with zero attached hydrogens (tertiary/aromatic N) is 2. The summed E-state index contributed by atoms with van der Waals surface area (Å²) in [7, 11) is 0. The maximum absolute atomic E-state index is 14.4. The van der Waals surface area contributed by atoms with Crippen LogP contribution in [0.5, 0.6) is 0 Å². The summed E-state index contributed by atoms with van der Waals surface area (Å²) in [6.07, 6.45) is -8.64. The standard InChI is InChI=1S/C25H20Cl2F3NO.C22H17Cl2F3N2/c1-15(32)6-7-16-8-9-22(21-5-3-2-4-20(16)21)23-13-24(14-31-23,25(28,29)30)17-10-18(26)12-19(27)11-17;23-15-7-14(8-16(24)9-15)21(22(25,26)27)10-20(29-12-21)19-6-5-13(11-28)17-3-1-2-4-18(17)19/h2-5,8-12H,6-7,13-14H2,1H3;1-9H,10-12,28H2. The van der Waals surface area contributed by atoms with Crippen molar-refractivity contribution in [2.75, 3.05) is 13.1 Å². The van der Waals surface area contributed by atoms with Crippen LogP contribution in [0.1, 0.15) is 59.6 Å². The fraction of sp³-hybridized carbons (Fsp3) is 0.255. The van der Waals surface area contributed by atoms with Crippen LogP contribution in [-0.4, -0.2) is 42.6 Å². The van der Waals surface area contributed by atoms with Crippen molar-refractivity contribution < 1.29 is 31.1 Å². The van der Waals surface area contributed by atoms with Gasteiger partial charge in [0.1, 0.15) is 16.6 Å². The Morgan fingerprint density at radius 3 is 1.34 bits per heavy atom. The lowest BCUT2D eigenvalue weighted by Crippen LogP contribution is -2.43. The van der Waals surface area contributed by atoms with Crippen molar-refractivity contribution in [2.24, 2.45) is 15.7 Å². The number of ketones is 1. The fourth-order valence-electron chi connectivity index (χ4n) is 8.30. The van der Waals surface area contributed by atoms with Gasteiger partial charge in [-0.15, -0.1) is 0 Å². The Bertz CT molecular complexity index is 2690. The van der Waals surface area contributed by atoms with E-state index in [9.17, 15) is 31.1 Å². The average molecular weight is 916 g/mol. The molecular weight excluding hydrogens is 878 g/mol. The van der Waals surface area contributed by atoms with Gasteiger partial charge in [-0.05, 0) is 93.5 Å². The van der Waals surface area contributed by atoms with Gasteiger partial charge in [0.2, 0.25) is 0 Å². The quantitative estimate of drug-likeness (QED) is 0.155. The van der Waals surface area contributed by atoms with Gasteiger partial charge in [-0.2, -0.15) is 26.3 Å². The molecular formula is C47H37Cl4F6N3O. The smallest absolute Gasteiger partial charge is 0.326 e. The SMILES string of the molecule is CC(=O)CCc1ccc(C2=NCC(c3cc(Cl)cc(Cl)c3)(C(F)(F)F)C2)c2ccccc12.NCc1ccc(C2=NCC(c3cc(Cl)cc(Cl)c3)(C(F)(F)F)C2)c2ccccc12. The highest BCUT2D eigenvalue weighted by molar-refractivity contribution is 6.35. The number of rotatable bonds is 8. The summed E-state index contributed by atoms with van der Waals surface area (Å²) in [4.78, 5) is 20.2. The number of aryl methyl sites for hydroxylation is 1. The highest BCUT2D eigenvalue weighted by Gasteiger charge is 2.60. The number of hydrogen-bond acceptors (Lipinski definition) is 4. The molecule has 0 amide bonds. The maximum Gasteiger partial charge on any atom is 0.400 e. The first-order chi connectivity index (χ1) is 28.9. The van der Waals surface area contributed by atoms with Crippen LogP contribution in [0, 0.1) is 0 Å². The molecule has 2 atom stereocenters. The molecule has 0 bridgehead atoms. The van der Waals surface area contributed by atoms with Crippen molar-refractivity contribution >= 4 is 85.2 Å². The lowest BCUT2D eigenvalue weighted by atomic mass is 9.76. The molecule has 2 unspecified atom stereocenters. The van der Waals surface area contributed by atoms with Gasteiger partial charge in [-0.25, -0.2) is 0 Å². The summed E-state index contributed by atoms with van der Waals surface area (Å²) in [5, 5.41) is 4.17. The molecule has 61 heavy (non-hydrogen) atoms. The van der Waals surface area contributed by atoms with Crippen molar-refractivity contribution in [3.8, 4) is 0 Å². The number of fused-ring (bicyclic) bond motifs is 2. The zero-order chi connectivity index (χ0) is 43.9. The Kier molecular flexibility index (Phi) is 12.7. The van der Waals surface area contributed by atoms with Crippen LogP contribution in [0.4, 0.5) is 26.3 Å². The normalized spacial score (nSPS) is 19.1. The average Bonchev–Trinajstić information content (AvgIpc) is 3.87. The summed E-state index contributed by atoms with van der Waals surface area (Å²) in [5.41, 5.74) is 5.62. The number of nitrogens with two attached hydrogens (primary N) is 1. The summed E-state index contributed by atoms with van der Waals surface area (Å²) >= 11 is 24.1. The van der Waals surface area contributed by atoms with E-state index < -0.39 is 36.3 Å². The molecule has 6 aromatic rings.